The maximum Gasteiger partial charge on any atom is 0.305 e. The predicted molar refractivity (Wildman–Crippen MR) is 109 cm³/mol. The Morgan fingerprint density at radius 1 is 1.32 bits per heavy atom. The van der Waals surface area contributed by atoms with Crippen molar-refractivity contribution in [3.63, 3.8) is 0 Å². The second-order valence-electron chi connectivity index (χ2n) is 6.73. The van der Waals surface area contributed by atoms with Gasteiger partial charge in [-0.15, -0.1) is 12.4 Å². The second kappa shape index (κ2) is 10.8. The normalized spacial score (nSPS) is 17.2. The number of methoxy groups -OCH3 is 1. The van der Waals surface area contributed by atoms with Gasteiger partial charge in [0.05, 0.1) is 19.2 Å². The molecule has 0 saturated carbocycles. The van der Waals surface area contributed by atoms with E-state index in [-0.39, 0.29) is 42.8 Å². The summed E-state index contributed by atoms with van der Waals surface area (Å²) >= 11 is 0. The summed E-state index contributed by atoms with van der Waals surface area (Å²) in [5, 5.41) is 10.8. The highest BCUT2D eigenvalue weighted by Crippen LogP contribution is 2.20. The first kappa shape index (κ1) is 21.9. The van der Waals surface area contributed by atoms with Crippen molar-refractivity contribution >= 4 is 24.3 Å². The predicted octanol–water partition coefficient (Wildman–Crippen LogP) is 2.65. The lowest BCUT2D eigenvalue weighted by Gasteiger charge is -2.23. The Balaban J connectivity index is 0.00000280. The van der Waals surface area contributed by atoms with Crippen molar-refractivity contribution in [1.82, 2.24) is 20.4 Å². The highest BCUT2D eigenvalue weighted by Gasteiger charge is 2.21. The summed E-state index contributed by atoms with van der Waals surface area (Å²) in [6.07, 6.45) is 4.73. The molecule has 1 aromatic heterocycles. The van der Waals surface area contributed by atoms with Crippen LogP contribution < -0.4 is 10.6 Å². The minimum absolute atomic E-state index is 0. The van der Waals surface area contributed by atoms with Crippen LogP contribution in [0.5, 0.6) is 0 Å². The molecule has 8 heteroatoms. The van der Waals surface area contributed by atoms with Gasteiger partial charge in [0.15, 0.2) is 0 Å². The van der Waals surface area contributed by atoms with Crippen LogP contribution >= 0.6 is 12.4 Å². The molecule has 2 unspecified atom stereocenters. The SMILES string of the molecule is COC(=O)CCC(NC(=O)c1ccn(C2CCCNC2)n1)c1ccccc1.Cl. The number of piperidine rings is 1. The monoisotopic (exact) mass is 406 g/mol. The zero-order chi connectivity index (χ0) is 19.1. The van der Waals surface area contributed by atoms with Crippen molar-refractivity contribution in [3.8, 4) is 0 Å². The van der Waals surface area contributed by atoms with Gasteiger partial charge in [-0.25, -0.2) is 0 Å². The number of hydrogen-bond donors (Lipinski definition) is 2. The molecule has 2 heterocycles. The number of rotatable bonds is 7. The van der Waals surface area contributed by atoms with Gasteiger partial charge < -0.3 is 15.4 Å². The number of amides is 1. The van der Waals surface area contributed by atoms with Crippen molar-refractivity contribution < 1.29 is 14.3 Å². The molecule has 7 nitrogen and oxygen atoms in total. The third-order valence-electron chi connectivity index (χ3n) is 4.86. The fourth-order valence-corrected chi connectivity index (χ4v) is 3.33. The van der Waals surface area contributed by atoms with Crippen molar-refractivity contribution in [1.29, 1.82) is 0 Å². The van der Waals surface area contributed by atoms with Crippen LogP contribution in [0.2, 0.25) is 0 Å². The number of nitrogens with zero attached hydrogens (tertiary/aromatic N) is 2. The third kappa shape index (κ3) is 5.81. The van der Waals surface area contributed by atoms with Gasteiger partial charge >= 0.3 is 5.97 Å². The Labute approximate surface area is 171 Å². The lowest BCUT2D eigenvalue weighted by atomic mass is 10.0. The number of carbonyl (C=O) groups is 2. The maximum atomic E-state index is 12.7. The number of hydrogen-bond acceptors (Lipinski definition) is 5. The fraction of sp³-hybridized carbons (Fsp3) is 0.450. The minimum atomic E-state index is -0.292. The molecule has 1 aromatic carbocycles. The molecule has 2 aromatic rings. The number of carbonyl (C=O) groups excluding carboxylic acids is 2. The van der Waals surface area contributed by atoms with Gasteiger partial charge in [-0.1, -0.05) is 30.3 Å². The minimum Gasteiger partial charge on any atom is -0.469 e. The highest BCUT2D eigenvalue weighted by molar-refractivity contribution is 5.92. The molecule has 0 spiro atoms. The van der Waals surface area contributed by atoms with Crippen molar-refractivity contribution in [2.24, 2.45) is 0 Å². The molecule has 2 N–H and O–H groups in total. The van der Waals surface area contributed by atoms with E-state index in [1.54, 1.807) is 6.07 Å². The van der Waals surface area contributed by atoms with E-state index >= 15 is 0 Å². The summed E-state index contributed by atoms with van der Waals surface area (Å²) < 4.78 is 6.59. The Kier molecular flexibility index (Phi) is 8.47. The van der Waals surface area contributed by atoms with E-state index in [1.807, 2.05) is 41.2 Å². The zero-order valence-electron chi connectivity index (χ0n) is 16.0. The third-order valence-corrected chi connectivity index (χ3v) is 4.86. The van der Waals surface area contributed by atoms with E-state index in [9.17, 15) is 9.59 Å². The van der Waals surface area contributed by atoms with E-state index in [0.717, 1.165) is 31.5 Å². The Morgan fingerprint density at radius 2 is 2.11 bits per heavy atom. The quantitative estimate of drug-likeness (QED) is 0.690. The molecular weight excluding hydrogens is 380 g/mol. The standard InChI is InChI=1S/C20H26N4O3.ClH/c1-27-19(25)10-9-17(15-6-3-2-4-7-15)22-20(26)18-11-13-24(23-18)16-8-5-12-21-14-16;/h2-4,6-7,11,13,16-17,21H,5,8-10,12,14H2,1H3,(H,22,26);1H. The molecule has 28 heavy (non-hydrogen) atoms. The van der Waals surface area contributed by atoms with Crippen LogP contribution in [0.3, 0.4) is 0 Å². The van der Waals surface area contributed by atoms with E-state index < -0.39 is 0 Å². The number of halogens is 1. The molecule has 2 atom stereocenters. The maximum absolute atomic E-state index is 12.7. The topological polar surface area (TPSA) is 85.2 Å². The smallest absolute Gasteiger partial charge is 0.305 e. The molecule has 1 aliphatic rings. The molecule has 0 radical (unpaired) electrons. The molecule has 1 amide bonds. The average molecular weight is 407 g/mol. The van der Waals surface area contributed by atoms with E-state index in [2.05, 4.69) is 15.7 Å². The van der Waals surface area contributed by atoms with Crippen LogP contribution in [0.15, 0.2) is 42.6 Å². The van der Waals surface area contributed by atoms with E-state index in [4.69, 9.17) is 4.74 Å². The van der Waals surface area contributed by atoms with Gasteiger partial charge in [-0.05, 0) is 37.4 Å². The van der Waals surface area contributed by atoms with Crippen LogP contribution in [-0.4, -0.2) is 41.9 Å². The van der Waals surface area contributed by atoms with Crippen molar-refractivity contribution in [2.45, 2.75) is 37.8 Å². The van der Waals surface area contributed by atoms with Gasteiger partial charge in [0.2, 0.25) is 0 Å². The van der Waals surface area contributed by atoms with Crippen LogP contribution in [-0.2, 0) is 9.53 Å². The number of nitrogens with one attached hydrogen (secondary N) is 2. The number of ether oxygens (including phenoxy) is 1. The summed E-state index contributed by atoms with van der Waals surface area (Å²) in [7, 11) is 1.37. The number of benzene rings is 1. The Bertz CT molecular complexity index is 760. The molecule has 0 aliphatic carbocycles. The Hall–Kier alpha value is -2.38. The van der Waals surface area contributed by atoms with E-state index in [1.165, 1.54) is 7.11 Å². The lowest BCUT2D eigenvalue weighted by molar-refractivity contribution is -0.140. The largest absolute Gasteiger partial charge is 0.469 e. The van der Waals surface area contributed by atoms with Gasteiger partial charge in [0.25, 0.3) is 5.91 Å². The number of esters is 1. The summed E-state index contributed by atoms with van der Waals surface area (Å²) in [5.41, 5.74) is 1.34. The summed E-state index contributed by atoms with van der Waals surface area (Å²) in [6.45, 7) is 1.90. The second-order valence-corrected chi connectivity index (χ2v) is 6.73. The van der Waals surface area contributed by atoms with Crippen molar-refractivity contribution in [3.05, 3.63) is 53.9 Å². The zero-order valence-corrected chi connectivity index (χ0v) is 16.8. The van der Waals surface area contributed by atoms with Crippen LogP contribution in [0, 0.1) is 0 Å². The summed E-state index contributed by atoms with van der Waals surface area (Å²) in [4.78, 5) is 24.2. The van der Waals surface area contributed by atoms with Crippen molar-refractivity contribution in [2.75, 3.05) is 20.2 Å². The molecule has 152 valence electrons. The molecule has 0 bridgehead atoms. The molecule has 1 aliphatic heterocycles. The van der Waals surface area contributed by atoms with Gasteiger partial charge in [0, 0.05) is 19.2 Å². The lowest BCUT2D eigenvalue weighted by Crippen LogP contribution is -2.32. The van der Waals surface area contributed by atoms with Gasteiger partial charge in [0.1, 0.15) is 5.69 Å². The van der Waals surface area contributed by atoms with Crippen LogP contribution in [0.4, 0.5) is 0 Å². The fourth-order valence-electron chi connectivity index (χ4n) is 3.33. The first-order chi connectivity index (χ1) is 13.2. The highest BCUT2D eigenvalue weighted by atomic mass is 35.5. The summed E-state index contributed by atoms with van der Waals surface area (Å²) in [6, 6.07) is 11.4. The van der Waals surface area contributed by atoms with Gasteiger partial charge in [-0.2, -0.15) is 5.10 Å². The first-order valence-corrected chi connectivity index (χ1v) is 9.36. The summed E-state index contributed by atoms with van der Waals surface area (Å²) in [5.74, 6) is -0.532. The van der Waals surface area contributed by atoms with Crippen LogP contribution in [0.25, 0.3) is 0 Å². The Morgan fingerprint density at radius 3 is 2.79 bits per heavy atom. The molecule has 3 rings (SSSR count). The molecule has 1 fully saturated rings. The first-order valence-electron chi connectivity index (χ1n) is 9.36. The van der Waals surface area contributed by atoms with Gasteiger partial charge in [-0.3, -0.25) is 14.3 Å². The number of aromatic nitrogens is 2. The molecule has 1 saturated heterocycles. The molecular formula is C20H27ClN4O3. The average Bonchev–Trinajstić information content (AvgIpc) is 3.22. The van der Waals surface area contributed by atoms with E-state index in [0.29, 0.717) is 12.1 Å². The van der Waals surface area contributed by atoms with Crippen LogP contribution in [0.1, 0.15) is 53.8 Å².